The normalized spacial score (nSPS) is 19.0. The molecule has 0 amide bonds. The molecule has 0 aliphatic carbocycles. The van der Waals surface area contributed by atoms with E-state index in [9.17, 15) is 0 Å². The maximum Gasteiger partial charge on any atom is 0.172 e. The number of nitrogens with zero attached hydrogens (tertiary/aromatic N) is 3. The van der Waals surface area contributed by atoms with E-state index in [-0.39, 0.29) is 6.10 Å². The minimum Gasteiger partial charge on any atom is -0.486 e. The van der Waals surface area contributed by atoms with E-state index in [0.29, 0.717) is 6.61 Å². The van der Waals surface area contributed by atoms with Crippen molar-refractivity contribution < 1.29 is 9.47 Å². The number of aromatic amines is 1. The molecule has 2 aliphatic rings. The number of aryl methyl sites for hydroxylation is 1. The minimum atomic E-state index is -0.0116. The van der Waals surface area contributed by atoms with Crippen LogP contribution in [0.15, 0.2) is 54.9 Å². The van der Waals surface area contributed by atoms with E-state index in [1.54, 1.807) is 0 Å². The van der Waals surface area contributed by atoms with Gasteiger partial charge in [-0.15, -0.1) is 0 Å². The maximum atomic E-state index is 6.37. The Hall–Kier alpha value is -3.38. The van der Waals surface area contributed by atoms with Crippen molar-refractivity contribution in [3.05, 3.63) is 66.3 Å². The third-order valence-electron chi connectivity index (χ3n) is 6.20. The quantitative estimate of drug-likeness (QED) is 0.542. The molecule has 0 saturated heterocycles. The summed E-state index contributed by atoms with van der Waals surface area (Å²) in [5, 5.41) is 2.21. The van der Waals surface area contributed by atoms with Crippen molar-refractivity contribution >= 4 is 27.4 Å². The van der Waals surface area contributed by atoms with Crippen LogP contribution in [0.5, 0.6) is 11.5 Å². The van der Waals surface area contributed by atoms with Gasteiger partial charge in [0.15, 0.2) is 11.5 Å². The molecule has 2 aromatic carbocycles. The fourth-order valence-electron chi connectivity index (χ4n) is 4.61. The lowest BCUT2D eigenvalue weighted by Crippen LogP contribution is -2.42. The second-order valence-corrected chi connectivity index (χ2v) is 8.28. The zero-order chi connectivity index (χ0) is 20.8. The molecule has 0 radical (unpaired) electrons. The van der Waals surface area contributed by atoms with E-state index >= 15 is 0 Å². The number of fused-ring (bicyclic) bond motifs is 4. The zero-order valence-corrected chi connectivity index (χ0v) is 17.5. The van der Waals surface area contributed by atoms with Crippen LogP contribution in [0.1, 0.15) is 17.8 Å². The summed E-state index contributed by atoms with van der Waals surface area (Å²) in [6.07, 6.45) is 7.34. The molecular weight excluding hydrogens is 388 g/mol. The highest BCUT2D eigenvalue weighted by atomic mass is 16.6. The Kier molecular flexibility index (Phi) is 4.39. The van der Waals surface area contributed by atoms with Crippen molar-refractivity contribution in [1.29, 1.82) is 0 Å². The molecule has 1 N–H and O–H groups in total. The maximum absolute atomic E-state index is 6.37. The van der Waals surface area contributed by atoms with Crippen LogP contribution < -0.4 is 9.47 Å². The summed E-state index contributed by atoms with van der Waals surface area (Å²) in [5.74, 6) is 2.30. The highest BCUT2D eigenvalue weighted by Gasteiger charge is 2.26. The van der Waals surface area contributed by atoms with Crippen LogP contribution in [0, 0.1) is 6.92 Å². The smallest absolute Gasteiger partial charge is 0.172 e. The zero-order valence-electron chi connectivity index (χ0n) is 17.5. The molecule has 4 aromatic rings. The molecule has 4 heterocycles. The van der Waals surface area contributed by atoms with E-state index in [4.69, 9.17) is 9.47 Å². The first-order valence-electron chi connectivity index (χ1n) is 10.8. The highest BCUT2D eigenvalue weighted by molar-refractivity contribution is 5.92. The monoisotopic (exact) mass is 412 g/mol. The molecule has 1 unspecified atom stereocenters. The summed E-state index contributed by atoms with van der Waals surface area (Å²) in [4.78, 5) is 14.7. The number of benzene rings is 2. The van der Waals surface area contributed by atoms with E-state index in [1.807, 2.05) is 25.3 Å². The Balaban J connectivity index is 1.17. The molecule has 0 bridgehead atoms. The van der Waals surface area contributed by atoms with Gasteiger partial charge in [0.25, 0.3) is 0 Å². The summed E-state index contributed by atoms with van der Waals surface area (Å²) >= 11 is 0. The van der Waals surface area contributed by atoms with Gasteiger partial charge in [0, 0.05) is 48.5 Å². The van der Waals surface area contributed by atoms with Crippen LogP contribution >= 0.6 is 0 Å². The second kappa shape index (κ2) is 7.39. The molecule has 2 aliphatic heterocycles. The Morgan fingerprint density at radius 3 is 3.00 bits per heavy atom. The average molecular weight is 412 g/mol. The van der Waals surface area contributed by atoms with Gasteiger partial charge in [0.05, 0.1) is 10.9 Å². The van der Waals surface area contributed by atoms with E-state index in [0.717, 1.165) is 54.3 Å². The molecule has 6 rings (SSSR count). The van der Waals surface area contributed by atoms with Crippen LogP contribution in [0.4, 0.5) is 0 Å². The van der Waals surface area contributed by atoms with Gasteiger partial charge >= 0.3 is 0 Å². The largest absolute Gasteiger partial charge is 0.486 e. The fourth-order valence-corrected chi connectivity index (χ4v) is 4.61. The van der Waals surface area contributed by atoms with Gasteiger partial charge in [-0.05, 0) is 37.1 Å². The number of hydrogen-bond acceptors (Lipinski definition) is 5. The van der Waals surface area contributed by atoms with Crippen LogP contribution in [0.2, 0.25) is 0 Å². The molecule has 0 spiro atoms. The van der Waals surface area contributed by atoms with Crippen LogP contribution in [0.3, 0.4) is 0 Å². The summed E-state index contributed by atoms with van der Waals surface area (Å²) in [7, 11) is 0. The van der Waals surface area contributed by atoms with E-state index in [1.165, 1.54) is 22.0 Å². The number of para-hydroxylation sites is 1. The first-order chi connectivity index (χ1) is 15.2. The lowest BCUT2D eigenvalue weighted by Gasteiger charge is -2.33. The summed E-state index contributed by atoms with van der Waals surface area (Å²) in [6.45, 7) is 5.21. The van der Waals surface area contributed by atoms with Crippen LogP contribution in [-0.4, -0.2) is 52.2 Å². The Bertz CT molecular complexity index is 1310. The van der Waals surface area contributed by atoms with Crippen LogP contribution in [0.25, 0.3) is 27.4 Å². The van der Waals surface area contributed by atoms with Gasteiger partial charge in [0.1, 0.15) is 18.5 Å². The standard InChI is InChI=1S/C25H24N4O2/c1-16-26-13-21-23(28-16)6-7-24-25(21)31-18(15-30-24)14-29-10-8-17(9-11-29)20-12-27-22-5-3-2-4-19(20)22/h2-8,12-13,18,27H,9-11,14-15H2,1H3. The molecule has 0 fully saturated rings. The van der Waals surface area contributed by atoms with E-state index < -0.39 is 0 Å². The summed E-state index contributed by atoms with van der Waals surface area (Å²) < 4.78 is 12.4. The molecule has 1 atom stereocenters. The first kappa shape index (κ1) is 18.4. The van der Waals surface area contributed by atoms with Crippen LogP contribution in [-0.2, 0) is 0 Å². The van der Waals surface area contributed by atoms with Crippen molar-refractivity contribution in [3.8, 4) is 11.5 Å². The highest BCUT2D eigenvalue weighted by Crippen LogP contribution is 2.38. The van der Waals surface area contributed by atoms with Gasteiger partial charge in [-0.25, -0.2) is 9.97 Å². The lowest BCUT2D eigenvalue weighted by molar-refractivity contribution is 0.0632. The van der Waals surface area contributed by atoms with Crippen molar-refractivity contribution in [2.75, 3.05) is 26.2 Å². The molecule has 0 saturated carbocycles. The predicted octanol–water partition coefficient (Wildman–Crippen LogP) is 4.35. The van der Waals surface area contributed by atoms with Gasteiger partial charge in [0.2, 0.25) is 0 Å². The molecule has 156 valence electrons. The molecule has 6 heteroatoms. The summed E-state index contributed by atoms with van der Waals surface area (Å²) in [6, 6.07) is 12.4. The second-order valence-electron chi connectivity index (χ2n) is 8.28. The van der Waals surface area contributed by atoms with Gasteiger partial charge in [-0.1, -0.05) is 24.3 Å². The van der Waals surface area contributed by atoms with E-state index in [2.05, 4.69) is 56.4 Å². The molecule has 2 aromatic heterocycles. The van der Waals surface area contributed by atoms with Gasteiger partial charge < -0.3 is 14.5 Å². The number of nitrogens with one attached hydrogen (secondary N) is 1. The first-order valence-corrected chi connectivity index (χ1v) is 10.8. The Labute approximate surface area is 180 Å². The predicted molar refractivity (Wildman–Crippen MR) is 122 cm³/mol. The Morgan fingerprint density at radius 2 is 2.10 bits per heavy atom. The minimum absolute atomic E-state index is 0.0116. The third-order valence-corrected chi connectivity index (χ3v) is 6.20. The number of H-pyrrole nitrogens is 1. The van der Waals surface area contributed by atoms with Crippen molar-refractivity contribution in [1.82, 2.24) is 19.9 Å². The number of aromatic nitrogens is 3. The van der Waals surface area contributed by atoms with Gasteiger partial charge in [-0.2, -0.15) is 0 Å². The lowest BCUT2D eigenvalue weighted by atomic mass is 9.99. The van der Waals surface area contributed by atoms with Crippen molar-refractivity contribution in [2.45, 2.75) is 19.4 Å². The fraction of sp³-hybridized carbons (Fsp3) is 0.280. The van der Waals surface area contributed by atoms with Crippen molar-refractivity contribution in [3.63, 3.8) is 0 Å². The SMILES string of the molecule is Cc1ncc2c3c(ccc2n1)OCC(CN1CC=C(c2c[nH]c4ccccc24)CC1)O3. The molecule has 6 nitrogen and oxygen atoms in total. The Morgan fingerprint density at radius 1 is 1.16 bits per heavy atom. The topological polar surface area (TPSA) is 63.3 Å². The summed E-state index contributed by atoms with van der Waals surface area (Å²) in [5.41, 5.74) is 4.82. The van der Waals surface area contributed by atoms with Gasteiger partial charge in [-0.3, -0.25) is 4.90 Å². The van der Waals surface area contributed by atoms with Crippen molar-refractivity contribution in [2.24, 2.45) is 0 Å². The molecule has 31 heavy (non-hydrogen) atoms. The number of ether oxygens (including phenoxy) is 2. The number of hydrogen-bond donors (Lipinski definition) is 1. The molecular formula is C25H24N4O2. The number of rotatable bonds is 3. The average Bonchev–Trinajstić information content (AvgIpc) is 3.23. The third kappa shape index (κ3) is 3.33.